The van der Waals surface area contributed by atoms with Gasteiger partial charge in [-0.2, -0.15) is 0 Å². The number of aliphatic hydroxyl groups is 1. The first-order valence-electron chi connectivity index (χ1n) is 9.59. The van der Waals surface area contributed by atoms with E-state index < -0.39 is 11.5 Å². The molecule has 1 N–H and O–H groups in total. The van der Waals surface area contributed by atoms with Crippen molar-refractivity contribution < 1.29 is 19.4 Å². The van der Waals surface area contributed by atoms with Gasteiger partial charge < -0.3 is 14.7 Å². The van der Waals surface area contributed by atoms with Crippen molar-refractivity contribution in [3.63, 3.8) is 0 Å². The maximum atomic E-state index is 13.2. The monoisotopic (exact) mass is 465 g/mol. The van der Waals surface area contributed by atoms with Crippen LogP contribution < -0.4 is 9.64 Å². The number of benzene rings is 3. The molecule has 4 rings (SSSR count). The summed E-state index contributed by atoms with van der Waals surface area (Å²) < 4.78 is 6.48. The van der Waals surface area contributed by atoms with E-state index in [-0.39, 0.29) is 25.4 Å². The topological polar surface area (TPSA) is 66.8 Å². The number of hydrogen-bond donors (Lipinski definition) is 1. The van der Waals surface area contributed by atoms with Crippen LogP contribution in [0.3, 0.4) is 0 Å². The average Bonchev–Trinajstić information content (AvgIpc) is 2.96. The Morgan fingerprint density at radius 3 is 2.50 bits per heavy atom. The molecule has 152 valence electrons. The number of hydrogen-bond acceptors (Lipinski definition) is 4. The molecule has 1 atom stereocenters. The van der Waals surface area contributed by atoms with Crippen molar-refractivity contribution in [1.29, 1.82) is 0 Å². The van der Waals surface area contributed by atoms with E-state index in [1.165, 1.54) is 4.90 Å². The molecule has 1 aliphatic heterocycles. The number of para-hydroxylation sites is 2. The Kier molecular flexibility index (Phi) is 5.70. The summed E-state index contributed by atoms with van der Waals surface area (Å²) >= 11 is 3.35. The third-order valence-electron chi connectivity index (χ3n) is 5.13. The Balaban J connectivity index is 1.55. The molecule has 0 fully saturated rings. The highest BCUT2D eigenvalue weighted by Crippen LogP contribution is 2.42. The van der Waals surface area contributed by atoms with Gasteiger partial charge in [0.25, 0.3) is 5.91 Å². The summed E-state index contributed by atoms with van der Waals surface area (Å²) in [6.45, 7) is 0.526. The van der Waals surface area contributed by atoms with Crippen LogP contribution in [0.2, 0.25) is 0 Å². The van der Waals surface area contributed by atoms with Crippen LogP contribution in [-0.4, -0.2) is 29.9 Å². The zero-order chi connectivity index (χ0) is 21.1. The van der Waals surface area contributed by atoms with Crippen LogP contribution in [0.4, 0.5) is 5.69 Å². The Hall–Kier alpha value is -2.96. The van der Waals surface area contributed by atoms with Crippen LogP contribution in [0.1, 0.15) is 22.3 Å². The number of amides is 1. The molecule has 3 aromatic rings. The summed E-state index contributed by atoms with van der Waals surface area (Å²) in [4.78, 5) is 27.6. The molecule has 0 unspecified atom stereocenters. The second kappa shape index (κ2) is 8.42. The van der Waals surface area contributed by atoms with E-state index in [1.54, 1.807) is 42.5 Å². The predicted octanol–water partition coefficient (Wildman–Crippen LogP) is 4.34. The minimum absolute atomic E-state index is 0.262. The van der Waals surface area contributed by atoms with Crippen molar-refractivity contribution in [2.24, 2.45) is 0 Å². The van der Waals surface area contributed by atoms with Gasteiger partial charge in [-0.15, -0.1) is 0 Å². The zero-order valence-corrected chi connectivity index (χ0v) is 17.7. The van der Waals surface area contributed by atoms with Crippen molar-refractivity contribution in [3.05, 3.63) is 94.5 Å². The number of ketones is 1. The van der Waals surface area contributed by atoms with Gasteiger partial charge in [0.1, 0.15) is 12.4 Å². The molecule has 0 saturated carbocycles. The van der Waals surface area contributed by atoms with E-state index in [4.69, 9.17) is 4.74 Å². The first kappa shape index (κ1) is 20.3. The Labute approximate surface area is 183 Å². The third kappa shape index (κ3) is 3.88. The van der Waals surface area contributed by atoms with Crippen molar-refractivity contribution in [2.75, 3.05) is 18.1 Å². The normalized spacial score (nSPS) is 17.7. The Morgan fingerprint density at radius 1 is 1.00 bits per heavy atom. The molecule has 0 bridgehead atoms. The summed E-state index contributed by atoms with van der Waals surface area (Å²) in [6, 6.07) is 23.3. The Morgan fingerprint density at radius 2 is 1.73 bits per heavy atom. The first-order valence-corrected chi connectivity index (χ1v) is 10.4. The standard InChI is InChI=1S/C24H20BrNO4/c25-18-8-6-7-17(15-18)22(27)16-24(29)20-11-4-5-12-21(20)26(23(24)28)13-14-30-19-9-2-1-3-10-19/h1-12,15,29H,13-14,16H2/t24-/m0/s1. The van der Waals surface area contributed by atoms with E-state index in [9.17, 15) is 14.7 Å². The Bertz CT molecular complexity index is 1090. The first-order chi connectivity index (χ1) is 14.5. The minimum atomic E-state index is -1.90. The molecule has 0 radical (unpaired) electrons. The van der Waals surface area contributed by atoms with Crippen LogP contribution in [0.25, 0.3) is 0 Å². The van der Waals surface area contributed by atoms with Gasteiger partial charge in [-0.3, -0.25) is 9.59 Å². The zero-order valence-electron chi connectivity index (χ0n) is 16.1. The largest absolute Gasteiger partial charge is 0.492 e. The van der Waals surface area contributed by atoms with E-state index >= 15 is 0 Å². The molecule has 1 amide bonds. The number of halogens is 1. The molecular formula is C24H20BrNO4. The van der Waals surface area contributed by atoms with Crippen LogP contribution >= 0.6 is 15.9 Å². The molecular weight excluding hydrogens is 446 g/mol. The van der Waals surface area contributed by atoms with Crippen LogP contribution in [0.5, 0.6) is 5.75 Å². The fourth-order valence-corrected chi connectivity index (χ4v) is 4.07. The third-order valence-corrected chi connectivity index (χ3v) is 5.62. The van der Waals surface area contributed by atoms with Gasteiger partial charge in [0.15, 0.2) is 11.4 Å². The number of carbonyl (C=O) groups is 2. The van der Waals surface area contributed by atoms with Crippen LogP contribution in [0, 0.1) is 0 Å². The van der Waals surface area contributed by atoms with Crippen molar-refractivity contribution in [3.8, 4) is 5.75 Å². The van der Waals surface area contributed by atoms with Gasteiger partial charge in [-0.1, -0.05) is 64.5 Å². The lowest BCUT2D eigenvalue weighted by atomic mass is 9.88. The maximum Gasteiger partial charge on any atom is 0.264 e. The number of fused-ring (bicyclic) bond motifs is 1. The molecule has 6 heteroatoms. The second-order valence-electron chi connectivity index (χ2n) is 7.11. The molecule has 30 heavy (non-hydrogen) atoms. The van der Waals surface area contributed by atoms with Crippen molar-refractivity contribution in [1.82, 2.24) is 0 Å². The number of rotatable bonds is 7. The summed E-state index contributed by atoms with van der Waals surface area (Å²) in [5, 5.41) is 11.3. The number of ether oxygens (including phenoxy) is 1. The summed E-state index contributed by atoms with van der Waals surface area (Å²) in [5.41, 5.74) is -0.418. The van der Waals surface area contributed by atoms with E-state index in [2.05, 4.69) is 15.9 Å². The van der Waals surface area contributed by atoms with E-state index in [0.717, 1.165) is 4.47 Å². The average molecular weight is 466 g/mol. The fraction of sp³-hybridized carbons (Fsp3) is 0.167. The second-order valence-corrected chi connectivity index (χ2v) is 8.02. The van der Waals surface area contributed by atoms with Gasteiger partial charge in [0, 0.05) is 15.6 Å². The number of Topliss-reactive ketones (excluding diaryl/α,β-unsaturated/α-hetero) is 1. The highest BCUT2D eigenvalue weighted by molar-refractivity contribution is 9.10. The summed E-state index contributed by atoms with van der Waals surface area (Å²) in [5.74, 6) is -0.106. The molecule has 0 aliphatic carbocycles. The SMILES string of the molecule is O=C(C[C@@]1(O)C(=O)N(CCOc2ccccc2)c2ccccc21)c1cccc(Br)c1. The van der Waals surface area contributed by atoms with Gasteiger partial charge >= 0.3 is 0 Å². The highest BCUT2D eigenvalue weighted by Gasteiger charge is 2.50. The molecule has 3 aromatic carbocycles. The predicted molar refractivity (Wildman–Crippen MR) is 118 cm³/mol. The number of anilines is 1. The molecule has 0 spiro atoms. The lowest BCUT2D eigenvalue weighted by Gasteiger charge is -2.23. The molecule has 0 aromatic heterocycles. The number of nitrogens with zero attached hydrogens (tertiary/aromatic N) is 1. The van der Waals surface area contributed by atoms with E-state index in [0.29, 0.717) is 22.6 Å². The molecule has 0 saturated heterocycles. The van der Waals surface area contributed by atoms with Crippen LogP contribution in [0.15, 0.2) is 83.3 Å². The lowest BCUT2D eigenvalue weighted by molar-refractivity contribution is -0.135. The van der Waals surface area contributed by atoms with Crippen molar-refractivity contribution in [2.45, 2.75) is 12.0 Å². The quantitative estimate of drug-likeness (QED) is 0.527. The lowest BCUT2D eigenvalue weighted by Crippen LogP contribution is -2.43. The van der Waals surface area contributed by atoms with Crippen molar-refractivity contribution >= 4 is 33.3 Å². The summed E-state index contributed by atoms with van der Waals surface area (Å²) in [6.07, 6.45) is -0.324. The fourth-order valence-electron chi connectivity index (χ4n) is 3.67. The highest BCUT2D eigenvalue weighted by atomic mass is 79.9. The van der Waals surface area contributed by atoms with E-state index in [1.807, 2.05) is 36.4 Å². The number of carbonyl (C=O) groups excluding carboxylic acids is 2. The van der Waals surface area contributed by atoms with Gasteiger partial charge in [-0.05, 0) is 30.3 Å². The van der Waals surface area contributed by atoms with Crippen LogP contribution in [-0.2, 0) is 10.4 Å². The van der Waals surface area contributed by atoms with Gasteiger partial charge in [0.2, 0.25) is 0 Å². The summed E-state index contributed by atoms with van der Waals surface area (Å²) in [7, 11) is 0. The van der Waals surface area contributed by atoms with Gasteiger partial charge in [-0.25, -0.2) is 0 Å². The van der Waals surface area contributed by atoms with Gasteiger partial charge in [0.05, 0.1) is 18.7 Å². The molecule has 1 heterocycles. The minimum Gasteiger partial charge on any atom is -0.492 e. The molecule has 1 aliphatic rings. The maximum absolute atomic E-state index is 13.2. The molecule has 5 nitrogen and oxygen atoms in total. The smallest absolute Gasteiger partial charge is 0.264 e.